The molecule has 0 saturated carbocycles. The highest BCUT2D eigenvalue weighted by Gasteiger charge is 2.25. The van der Waals surface area contributed by atoms with Gasteiger partial charge in [-0.2, -0.15) is 0 Å². The maximum Gasteiger partial charge on any atom is 0.227 e. The Bertz CT molecular complexity index is 1670. The first kappa shape index (κ1) is 14.5. The van der Waals surface area contributed by atoms with Crippen molar-refractivity contribution in [2.45, 2.75) is 33.0 Å². The van der Waals surface area contributed by atoms with Crippen molar-refractivity contribution < 1.29 is 21.6 Å². The van der Waals surface area contributed by atoms with Crippen molar-refractivity contribution in [2.24, 2.45) is 7.05 Å². The van der Waals surface area contributed by atoms with E-state index in [4.69, 9.17) is 12.6 Å². The van der Waals surface area contributed by atoms with Crippen LogP contribution in [-0.2, 0) is 12.5 Å². The van der Waals surface area contributed by atoms with Crippen LogP contribution in [-0.4, -0.2) is 4.98 Å². The van der Waals surface area contributed by atoms with Crippen molar-refractivity contribution >= 4 is 22.1 Å². The number of pyridine rings is 2. The van der Waals surface area contributed by atoms with Crippen LogP contribution < -0.4 is 4.57 Å². The van der Waals surface area contributed by atoms with Gasteiger partial charge in [0.25, 0.3) is 0 Å². The van der Waals surface area contributed by atoms with Crippen LogP contribution >= 0.6 is 0 Å². The second kappa shape index (κ2) is 7.27. The summed E-state index contributed by atoms with van der Waals surface area (Å²) in [7, 11) is 1.91. The molecule has 0 aliphatic heterocycles. The van der Waals surface area contributed by atoms with E-state index in [0.717, 1.165) is 33.3 Å². The third-order valence-electron chi connectivity index (χ3n) is 5.80. The van der Waals surface area contributed by atoms with E-state index in [2.05, 4.69) is 4.98 Å². The molecular weight excluding hydrogens is 399 g/mol. The first-order chi connectivity index (χ1) is 17.7. The molecule has 5 aromatic rings. The van der Waals surface area contributed by atoms with Crippen LogP contribution in [0.1, 0.15) is 40.1 Å². The number of rotatable bonds is 2. The van der Waals surface area contributed by atoms with Crippen molar-refractivity contribution in [2.75, 3.05) is 0 Å². The highest BCUT2D eigenvalue weighted by Crippen LogP contribution is 2.40. The zero-order valence-corrected chi connectivity index (χ0v) is 18.0. The molecule has 0 fully saturated rings. The van der Waals surface area contributed by atoms with Crippen LogP contribution in [0.5, 0.6) is 0 Å². The van der Waals surface area contributed by atoms with Crippen molar-refractivity contribution in [1.82, 2.24) is 4.98 Å². The number of halogens is 1. The highest BCUT2D eigenvalue weighted by atomic mass is 19.1. The Balaban J connectivity index is 1.80. The predicted octanol–water partition coefficient (Wildman–Crippen LogP) is 6.88. The van der Waals surface area contributed by atoms with E-state index in [0.29, 0.717) is 11.0 Å². The Kier molecular flexibility index (Phi) is 3.30. The molecule has 4 heteroatoms. The van der Waals surface area contributed by atoms with E-state index in [1.807, 2.05) is 49.0 Å². The molecule has 2 aromatic carbocycles. The number of hydrogen-bond donors (Lipinski definition) is 0. The molecule has 0 bridgehead atoms. The fraction of sp³-hybridized carbons (Fsp3) is 0.214. The van der Waals surface area contributed by atoms with Gasteiger partial charge in [0.1, 0.15) is 12.9 Å². The molecular formula is C28H26FN2O+. The molecule has 32 heavy (non-hydrogen) atoms. The molecule has 3 heterocycles. The second-order valence-corrected chi connectivity index (χ2v) is 8.30. The summed E-state index contributed by atoms with van der Waals surface area (Å²) in [4.78, 5) is 4.46. The Labute approximate surface area is 195 Å². The SMILES string of the molecule is [2H]C([2H])([2H])C(C)(c1ccc2c(n1)oc1c(-c3c(-c4ccc(F)cc4)ccc[n+]3C)c(C)ccc12)C([2H])([2H])[2H]. The minimum absolute atomic E-state index is 0.0837. The number of nitrogens with zero attached hydrogens (tertiary/aromatic N) is 2. The fourth-order valence-corrected chi connectivity index (χ4v) is 4.18. The summed E-state index contributed by atoms with van der Waals surface area (Å²) in [6.07, 6.45) is 1.91. The Hall–Kier alpha value is -3.53. The highest BCUT2D eigenvalue weighted by molar-refractivity contribution is 6.09. The van der Waals surface area contributed by atoms with Crippen LogP contribution in [0.15, 0.2) is 71.3 Å². The van der Waals surface area contributed by atoms with Gasteiger partial charge < -0.3 is 4.42 Å². The van der Waals surface area contributed by atoms with E-state index < -0.39 is 19.1 Å². The molecule has 0 amide bonds. The van der Waals surface area contributed by atoms with Gasteiger partial charge in [-0.15, -0.1) is 0 Å². The van der Waals surface area contributed by atoms with Gasteiger partial charge in [0.15, 0.2) is 11.8 Å². The number of aromatic nitrogens is 2. The quantitative estimate of drug-likeness (QED) is 0.285. The fourth-order valence-electron chi connectivity index (χ4n) is 4.18. The van der Waals surface area contributed by atoms with Crippen LogP contribution in [0.2, 0.25) is 0 Å². The summed E-state index contributed by atoms with van der Waals surface area (Å²) in [6, 6.07) is 17.2. The molecule has 160 valence electrons. The van der Waals surface area contributed by atoms with E-state index in [1.165, 1.54) is 25.1 Å². The van der Waals surface area contributed by atoms with Crippen molar-refractivity contribution in [3.63, 3.8) is 0 Å². The first-order valence-electron chi connectivity index (χ1n) is 13.3. The molecule has 0 aliphatic carbocycles. The van der Waals surface area contributed by atoms with E-state index in [9.17, 15) is 4.39 Å². The summed E-state index contributed by atoms with van der Waals surface area (Å²) in [5.41, 5.74) is 2.71. The van der Waals surface area contributed by atoms with Gasteiger partial charge >= 0.3 is 0 Å². The molecule has 0 saturated heterocycles. The Morgan fingerprint density at radius 1 is 1.00 bits per heavy atom. The van der Waals surface area contributed by atoms with Crippen molar-refractivity contribution in [3.8, 4) is 22.4 Å². The molecule has 0 aliphatic rings. The maximum absolute atomic E-state index is 13.7. The zero-order valence-electron chi connectivity index (χ0n) is 24.0. The monoisotopic (exact) mass is 431 g/mol. The van der Waals surface area contributed by atoms with Gasteiger partial charge in [0, 0.05) is 36.2 Å². The molecule has 0 unspecified atom stereocenters. The zero-order chi connectivity index (χ0) is 27.6. The maximum atomic E-state index is 13.7. The summed E-state index contributed by atoms with van der Waals surface area (Å²) < 4.78 is 69.8. The van der Waals surface area contributed by atoms with E-state index in [-0.39, 0.29) is 17.2 Å². The van der Waals surface area contributed by atoms with E-state index >= 15 is 0 Å². The molecule has 3 aromatic heterocycles. The normalized spacial score (nSPS) is 15.6. The molecule has 0 spiro atoms. The summed E-state index contributed by atoms with van der Waals surface area (Å²) in [6.45, 7) is -2.50. The average Bonchev–Trinajstić information content (AvgIpc) is 3.20. The van der Waals surface area contributed by atoms with Gasteiger partial charge in [-0.3, -0.25) is 0 Å². The number of furan rings is 1. The van der Waals surface area contributed by atoms with Gasteiger partial charge in [0.2, 0.25) is 11.4 Å². The molecule has 0 atom stereocenters. The first-order valence-corrected chi connectivity index (χ1v) is 10.3. The van der Waals surface area contributed by atoms with Gasteiger partial charge in [-0.1, -0.05) is 44.9 Å². The number of benzene rings is 2. The lowest BCUT2D eigenvalue weighted by Gasteiger charge is -2.16. The van der Waals surface area contributed by atoms with Crippen LogP contribution in [0.25, 0.3) is 44.5 Å². The average molecular weight is 432 g/mol. The Morgan fingerprint density at radius 2 is 1.75 bits per heavy atom. The third-order valence-corrected chi connectivity index (χ3v) is 5.80. The molecule has 0 radical (unpaired) electrons. The van der Waals surface area contributed by atoms with Crippen LogP contribution in [0.3, 0.4) is 0 Å². The lowest BCUT2D eigenvalue weighted by molar-refractivity contribution is -0.659. The topological polar surface area (TPSA) is 29.9 Å². The second-order valence-electron chi connectivity index (χ2n) is 8.30. The van der Waals surface area contributed by atoms with Crippen molar-refractivity contribution in [3.05, 3.63) is 83.9 Å². The van der Waals surface area contributed by atoms with Crippen LogP contribution in [0.4, 0.5) is 4.39 Å². The largest absolute Gasteiger partial charge is 0.437 e. The minimum Gasteiger partial charge on any atom is -0.437 e. The molecule has 3 nitrogen and oxygen atoms in total. The van der Waals surface area contributed by atoms with Crippen LogP contribution in [0, 0.1) is 12.7 Å². The molecule has 5 rings (SSSR count). The van der Waals surface area contributed by atoms with Gasteiger partial charge in [-0.25, -0.2) is 13.9 Å². The summed E-state index contributed by atoms with van der Waals surface area (Å²) in [5.74, 6) is -0.325. The number of aryl methyl sites for hydroxylation is 2. The lowest BCUT2D eigenvalue weighted by atomic mass is 9.91. The van der Waals surface area contributed by atoms with Crippen molar-refractivity contribution in [1.29, 1.82) is 0 Å². The smallest absolute Gasteiger partial charge is 0.227 e. The molecule has 0 N–H and O–H groups in total. The van der Waals surface area contributed by atoms with E-state index in [1.54, 1.807) is 18.2 Å². The summed E-state index contributed by atoms with van der Waals surface area (Å²) >= 11 is 0. The third kappa shape index (κ3) is 3.27. The lowest BCUT2D eigenvalue weighted by Crippen LogP contribution is -2.31. The Morgan fingerprint density at radius 3 is 2.50 bits per heavy atom. The number of fused-ring (bicyclic) bond motifs is 3. The van der Waals surface area contributed by atoms with Gasteiger partial charge in [0.05, 0.1) is 11.1 Å². The van der Waals surface area contributed by atoms with Gasteiger partial charge in [-0.05, 0) is 48.4 Å². The minimum atomic E-state index is -2.82. The standard InChI is InChI=1S/C28H26FN2O/c1-17-8-13-21-22-14-15-23(28(2,3)4)30-27(22)32-26(21)24(17)25-20(7-6-16-31(25)5)18-9-11-19(29)12-10-18/h6-16H,1-5H3/q+1/i2D3,3D3. The summed E-state index contributed by atoms with van der Waals surface area (Å²) in [5, 5.41) is 1.41. The predicted molar refractivity (Wildman–Crippen MR) is 127 cm³/mol. The number of hydrogen-bond acceptors (Lipinski definition) is 2.